The van der Waals surface area contributed by atoms with Gasteiger partial charge in [-0.2, -0.15) is 5.26 Å². The summed E-state index contributed by atoms with van der Waals surface area (Å²) in [6.07, 6.45) is 0.851. The van der Waals surface area contributed by atoms with Gasteiger partial charge in [0, 0.05) is 21.7 Å². The molecule has 1 aliphatic heterocycles. The molecule has 0 radical (unpaired) electrons. The smallest absolute Gasteiger partial charge is 0.145 e. The number of nitrogens with zero attached hydrogens (tertiary/aromatic N) is 1. The van der Waals surface area contributed by atoms with E-state index >= 15 is 0 Å². The maximum Gasteiger partial charge on any atom is 0.145 e. The highest BCUT2D eigenvalue weighted by Crippen LogP contribution is 2.39. The predicted octanol–water partition coefficient (Wildman–Crippen LogP) is 4.79. The van der Waals surface area contributed by atoms with Gasteiger partial charge in [0.25, 0.3) is 0 Å². The van der Waals surface area contributed by atoms with Crippen LogP contribution in [0.5, 0.6) is 11.5 Å². The second kappa shape index (κ2) is 5.35. The number of ether oxygens (including phenoxy) is 1. The molecule has 2 nitrogen and oxygen atoms in total. The van der Waals surface area contributed by atoms with Gasteiger partial charge in [0.05, 0.1) is 5.56 Å². The minimum Gasteiger partial charge on any atom is -0.456 e. The number of nitriles is 1. The molecule has 0 bridgehead atoms. The van der Waals surface area contributed by atoms with E-state index in [0.29, 0.717) is 11.3 Å². The fourth-order valence-corrected chi connectivity index (χ4v) is 3.46. The molecule has 20 heavy (non-hydrogen) atoms. The van der Waals surface area contributed by atoms with Crippen molar-refractivity contribution in [3.63, 3.8) is 0 Å². The number of halogens is 2. The number of hydrogen-bond donors (Lipinski definition) is 0. The average Bonchev–Trinajstić information content (AvgIpc) is 2.85. The van der Waals surface area contributed by atoms with Crippen molar-refractivity contribution in [2.75, 3.05) is 5.75 Å². The summed E-state index contributed by atoms with van der Waals surface area (Å²) < 4.78 is 18.9. The molecule has 0 saturated carbocycles. The Bertz CT molecular complexity index is 706. The van der Waals surface area contributed by atoms with Gasteiger partial charge in [0.1, 0.15) is 23.4 Å². The minimum atomic E-state index is -0.470. The van der Waals surface area contributed by atoms with Crippen molar-refractivity contribution in [1.29, 1.82) is 5.26 Å². The molecule has 100 valence electrons. The Hall–Kier alpha value is -1.70. The summed E-state index contributed by atoms with van der Waals surface area (Å²) in [5, 5.41) is 9.59. The van der Waals surface area contributed by atoms with Gasteiger partial charge in [0.2, 0.25) is 0 Å². The largest absolute Gasteiger partial charge is 0.456 e. The van der Waals surface area contributed by atoms with Gasteiger partial charge in [-0.3, -0.25) is 0 Å². The molecule has 0 aliphatic carbocycles. The van der Waals surface area contributed by atoms with Crippen LogP contribution in [0, 0.1) is 17.1 Å². The van der Waals surface area contributed by atoms with Crippen molar-refractivity contribution in [3.8, 4) is 17.6 Å². The van der Waals surface area contributed by atoms with Gasteiger partial charge in [-0.1, -0.05) is 11.6 Å². The summed E-state index contributed by atoms with van der Waals surface area (Å²) in [5.74, 6) is 1.23. The third-order valence-corrected chi connectivity index (χ3v) is 4.34. The third kappa shape index (κ3) is 2.47. The van der Waals surface area contributed by atoms with Crippen molar-refractivity contribution in [2.45, 2.75) is 11.3 Å². The van der Waals surface area contributed by atoms with Crippen molar-refractivity contribution in [1.82, 2.24) is 0 Å². The summed E-state index contributed by atoms with van der Waals surface area (Å²) in [6, 6.07) is 9.83. The highest BCUT2D eigenvalue weighted by molar-refractivity contribution is 7.99. The lowest BCUT2D eigenvalue weighted by Gasteiger charge is -2.10. The van der Waals surface area contributed by atoms with Crippen LogP contribution in [0.15, 0.2) is 35.2 Å². The van der Waals surface area contributed by atoms with E-state index < -0.39 is 5.82 Å². The summed E-state index contributed by atoms with van der Waals surface area (Å²) in [6.45, 7) is 0. The van der Waals surface area contributed by atoms with Crippen LogP contribution >= 0.6 is 23.4 Å². The highest BCUT2D eigenvalue weighted by atomic mass is 35.5. The second-order valence-corrected chi connectivity index (χ2v) is 5.91. The Labute approximate surface area is 125 Å². The van der Waals surface area contributed by atoms with Crippen LogP contribution < -0.4 is 4.74 Å². The first-order valence-corrected chi connectivity index (χ1v) is 7.36. The van der Waals surface area contributed by atoms with Crippen LogP contribution in [0.4, 0.5) is 4.39 Å². The summed E-state index contributed by atoms with van der Waals surface area (Å²) >= 11 is 7.52. The fraction of sp³-hybridized carbons (Fsp3) is 0.133. The molecule has 0 fully saturated rings. The lowest BCUT2D eigenvalue weighted by atomic mass is 10.1. The zero-order valence-corrected chi connectivity index (χ0v) is 11.9. The van der Waals surface area contributed by atoms with Gasteiger partial charge < -0.3 is 4.74 Å². The standard InChI is InChI=1S/C15H9ClFNOS/c16-9-5-10(17)7-11(6-9)19-14-1-2-15-12(3-4-20-15)13(14)8-18/h1-2,5-7H,3-4H2. The van der Waals surface area contributed by atoms with Crippen LogP contribution in [-0.4, -0.2) is 5.75 Å². The third-order valence-electron chi connectivity index (χ3n) is 3.02. The van der Waals surface area contributed by atoms with Gasteiger partial charge in [-0.05, 0) is 36.2 Å². The molecular weight excluding hydrogens is 297 g/mol. The van der Waals surface area contributed by atoms with E-state index in [0.717, 1.165) is 22.6 Å². The maximum atomic E-state index is 13.3. The zero-order valence-electron chi connectivity index (χ0n) is 10.3. The molecule has 1 heterocycles. The molecule has 3 rings (SSSR count). The molecule has 2 aromatic carbocycles. The SMILES string of the molecule is N#Cc1c(Oc2cc(F)cc(Cl)c2)ccc2c1CCS2. The molecule has 0 amide bonds. The highest BCUT2D eigenvalue weighted by Gasteiger charge is 2.19. The lowest BCUT2D eigenvalue weighted by Crippen LogP contribution is -1.94. The number of hydrogen-bond acceptors (Lipinski definition) is 3. The van der Waals surface area contributed by atoms with E-state index in [4.69, 9.17) is 16.3 Å². The molecule has 0 saturated heterocycles. The number of thioether (sulfide) groups is 1. The van der Waals surface area contributed by atoms with Crippen LogP contribution in [-0.2, 0) is 6.42 Å². The van der Waals surface area contributed by atoms with Crippen LogP contribution in [0.25, 0.3) is 0 Å². The average molecular weight is 306 g/mol. The van der Waals surface area contributed by atoms with E-state index in [-0.39, 0.29) is 10.8 Å². The quantitative estimate of drug-likeness (QED) is 0.799. The number of rotatable bonds is 2. The second-order valence-electron chi connectivity index (χ2n) is 4.33. The van der Waals surface area contributed by atoms with Crippen molar-refractivity contribution in [3.05, 3.63) is 52.3 Å². The van der Waals surface area contributed by atoms with Crippen molar-refractivity contribution < 1.29 is 9.13 Å². The molecule has 2 aromatic rings. The summed E-state index contributed by atoms with van der Waals surface area (Å²) in [4.78, 5) is 1.12. The van der Waals surface area contributed by atoms with E-state index in [1.54, 1.807) is 17.8 Å². The monoisotopic (exact) mass is 305 g/mol. The molecule has 0 N–H and O–H groups in total. The van der Waals surface area contributed by atoms with Gasteiger partial charge in [0.15, 0.2) is 0 Å². The maximum absolute atomic E-state index is 13.3. The Balaban J connectivity index is 2.01. The molecular formula is C15H9ClFNOS. The molecule has 5 heteroatoms. The molecule has 0 spiro atoms. The van der Waals surface area contributed by atoms with Gasteiger partial charge >= 0.3 is 0 Å². The van der Waals surface area contributed by atoms with Crippen molar-refractivity contribution >= 4 is 23.4 Å². The number of fused-ring (bicyclic) bond motifs is 1. The van der Waals surface area contributed by atoms with Crippen LogP contribution in [0.1, 0.15) is 11.1 Å². The Kier molecular flexibility index (Phi) is 3.56. The Morgan fingerprint density at radius 1 is 1.30 bits per heavy atom. The fourth-order valence-electron chi connectivity index (χ4n) is 2.18. The Morgan fingerprint density at radius 2 is 2.15 bits per heavy atom. The summed E-state index contributed by atoms with van der Waals surface area (Å²) in [5.41, 5.74) is 1.53. The topological polar surface area (TPSA) is 33.0 Å². The summed E-state index contributed by atoms with van der Waals surface area (Å²) in [7, 11) is 0. The Morgan fingerprint density at radius 3 is 2.90 bits per heavy atom. The minimum absolute atomic E-state index is 0.259. The van der Waals surface area contributed by atoms with Gasteiger partial charge in [-0.25, -0.2) is 4.39 Å². The predicted molar refractivity (Wildman–Crippen MR) is 77.1 cm³/mol. The molecule has 0 unspecified atom stereocenters. The van der Waals surface area contributed by atoms with E-state index in [9.17, 15) is 9.65 Å². The van der Waals surface area contributed by atoms with Crippen LogP contribution in [0.3, 0.4) is 0 Å². The van der Waals surface area contributed by atoms with E-state index in [1.165, 1.54) is 18.2 Å². The van der Waals surface area contributed by atoms with E-state index in [1.807, 2.05) is 6.07 Å². The lowest BCUT2D eigenvalue weighted by molar-refractivity contribution is 0.474. The number of benzene rings is 2. The van der Waals surface area contributed by atoms with Crippen molar-refractivity contribution in [2.24, 2.45) is 0 Å². The van der Waals surface area contributed by atoms with Gasteiger partial charge in [-0.15, -0.1) is 11.8 Å². The molecule has 1 aliphatic rings. The normalized spacial score (nSPS) is 12.8. The van der Waals surface area contributed by atoms with E-state index in [2.05, 4.69) is 6.07 Å². The first kappa shape index (κ1) is 13.3. The first-order chi connectivity index (χ1) is 9.67. The zero-order chi connectivity index (χ0) is 14.1. The molecule has 0 aromatic heterocycles. The first-order valence-electron chi connectivity index (χ1n) is 6.00. The van der Waals surface area contributed by atoms with Crippen LogP contribution in [0.2, 0.25) is 5.02 Å². The molecule has 0 atom stereocenters.